The predicted octanol–water partition coefficient (Wildman–Crippen LogP) is 1.85. The van der Waals surface area contributed by atoms with Gasteiger partial charge in [-0.3, -0.25) is 9.69 Å². The third-order valence-electron chi connectivity index (χ3n) is 4.64. The fourth-order valence-corrected chi connectivity index (χ4v) is 3.52. The van der Waals surface area contributed by atoms with Gasteiger partial charge in [0.05, 0.1) is 6.54 Å². The largest absolute Gasteiger partial charge is 0.311 e. The van der Waals surface area contributed by atoms with Crippen LogP contribution in [0.3, 0.4) is 0 Å². The van der Waals surface area contributed by atoms with Crippen molar-refractivity contribution in [2.24, 2.45) is 5.92 Å². The Kier molecular flexibility index (Phi) is 4.79. The van der Waals surface area contributed by atoms with Gasteiger partial charge in [-0.2, -0.15) is 0 Å². The Morgan fingerprint density at radius 2 is 1.73 bits per heavy atom. The van der Waals surface area contributed by atoms with Gasteiger partial charge in [-0.05, 0) is 24.0 Å². The van der Waals surface area contributed by atoms with Gasteiger partial charge in [0.25, 0.3) is 0 Å². The lowest BCUT2D eigenvalue weighted by Gasteiger charge is -2.35. The number of anilines is 1. The topological polar surface area (TPSA) is 26.8 Å². The molecule has 1 aromatic carbocycles. The van der Waals surface area contributed by atoms with Crippen LogP contribution in [-0.4, -0.2) is 61.5 Å². The number of carbonyl (C=O) groups is 1. The number of hydrogen-bond donors (Lipinski definition) is 0. The highest BCUT2D eigenvalue weighted by Gasteiger charge is 2.26. The third kappa shape index (κ3) is 3.50. The molecule has 22 heavy (non-hydrogen) atoms. The SMILES string of the molecule is CC(C)CN1CCN(CC(=O)N2CCc3ccccc32)CC1. The molecule has 0 saturated carbocycles. The maximum atomic E-state index is 12.6. The van der Waals surface area contributed by atoms with Crippen molar-refractivity contribution in [1.29, 1.82) is 0 Å². The van der Waals surface area contributed by atoms with Crippen molar-refractivity contribution in [2.45, 2.75) is 20.3 Å². The Hall–Kier alpha value is -1.39. The molecular weight excluding hydrogens is 274 g/mol. The van der Waals surface area contributed by atoms with Gasteiger partial charge in [0.15, 0.2) is 0 Å². The molecule has 3 rings (SSSR count). The first-order valence-electron chi connectivity index (χ1n) is 8.46. The van der Waals surface area contributed by atoms with Crippen LogP contribution in [0, 0.1) is 5.92 Å². The number of amides is 1. The van der Waals surface area contributed by atoms with Crippen molar-refractivity contribution < 1.29 is 4.79 Å². The average Bonchev–Trinajstić information content (AvgIpc) is 2.93. The number of piperazine rings is 1. The molecule has 2 aliphatic rings. The van der Waals surface area contributed by atoms with E-state index in [0.29, 0.717) is 12.5 Å². The molecule has 0 unspecified atom stereocenters. The van der Waals surface area contributed by atoms with Crippen LogP contribution in [0.15, 0.2) is 24.3 Å². The number of carbonyl (C=O) groups excluding carboxylic acids is 1. The second kappa shape index (κ2) is 6.80. The van der Waals surface area contributed by atoms with Gasteiger partial charge in [0.2, 0.25) is 5.91 Å². The summed E-state index contributed by atoms with van der Waals surface area (Å²) in [6.07, 6.45) is 0.990. The maximum Gasteiger partial charge on any atom is 0.241 e. The zero-order valence-electron chi connectivity index (χ0n) is 13.8. The molecule has 0 atom stereocenters. The molecular formula is C18H27N3O. The normalized spacial score (nSPS) is 19.7. The zero-order valence-corrected chi connectivity index (χ0v) is 13.8. The van der Waals surface area contributed by atoms with Crippen molar-refractivity contribution in [3.8, 4) is 0 Å². The fourth-order valence-electron chi connectivity index (χ4n) is 3.52. The van der Waals surface area contributed by atoms with E-state index in [-0.39, 0.29) is 5.91 Å². The molecule has 120 valence electrons. The number of hydrogen-bond acceptors (Lipinski definition) is 3. The lowest BCUT2D eigenvalue weighted by molar-refractivity contribution is -0.120. The first-order chi connectivity index (χ1) is 10.6. The molecule has 1 amide bonds. The third-order valence-corrected chi connectivity index (χ3v) is 4.64. The lowest BCUT2D eigenvalue weighted by atomic mass is 10.2. The first kappa shape index (κ1) is 15.5. The van der Waals surface area contributed by atoms with Crippen LogP contribution in [-0.2, 0) is 11.2 Å². The number of benzene rings is 1. The van der Waals surface area contributed by atoms with Gasteiger partial charge < -0.3 is 9.80 Å². The maximum absolute atomic E-state index is 12.6. The summed E-state index contributed by atoms with van der Waals surface area (Å²) in [5, 5.41) is 0. The van der Waals surface area contributed by atoms with E-state index in [0.717, 1.165) is 44.8 Å². The van der Waals surface area contributed by atoms with E-state index in [1.807, 2.05) is 11.0 Å². The summed E-state index contributed by atoms with van der Waals surface area (Å²) in [5.74, 6) is 0.969. The van der Waals surface area contributed by atoms with Crippen LogP contribution in [0.5, 0.6) is 0 Å². The molecule has 0 bridgehead atoms. The van der Waals surface area contributed by atoms with Crippen LogP contribution >= 0.6 is 0 Å². The van der Waals surface area contributed by atoms with Gasteiger partial charge in [-0.1, -0.05) is 32.0 Å². The highest BCUT2D eigenvalue weighted by molar-refractivity contribution is 5.96. The van der Waals surface area contributed by atoms with Gasteiger partial charge in [-0.25, -0.2) is 0 Å². The molecule has 4 nitrogen and oxygen atoms in total. The van der Waals surface area contributed by atoms with Crippen molar-refractivity contribution in [1.82, 2.24) is 9.80 Å². The van der Waals surface area contributed by atoms with Gasteiger partial charge >= 0.3 is 0 Å². The number of nitrogens with zero attached hydrogens (tertiary/aromatic N) is 3. The Morgan fingerprint density at radius 3 is 2.45 bits per heavy atom. The van der Waals surface area contributed by atoms with Crippen molar-refractivity contribution in [3.63, 3.8) is 0 Å². The van der Waals surface area contributed by atoms with Crippen LogP contribution in [0.2, 0.25) is 0 Å². The average molecular weight is 301 g/mol. The van der Waals surface area contributed by atoms with Crippen LogP contribution in [0.4, 0.5) is 5.69 Å². The highest BCUT2D eigenvalue weighted by atomic mass is 16.2. The van der Waals surface area contributed by atoms with Crippen molar-refractivity contribution in [2.75, 3.05) is 50.7 Å². The summed E-state index contributed by atoms with van der Waals surface area (Å²) in [6.45, 7) is 11.3. The summed E-state index contributed by atoms with van der Waals surface area (Å²) < 4.78 is 0. The molecule has 0 aromatic heterocycles. The molecule has 1 saturated heterocycles. The molecule has 1 fully saturated rings. The quantitative estimate of drug-likeness (QED) is 0.849. The smallest absolute Gasteiger partial charge is 0.241 e. The van der Waals surface area contributed by atoms with Crippen molar-refractivity contribution in [3.05, 3.63) is 29.8 Å². The summed E-state index contributed by atoms with van der Waals surface area (Å²) in [5.41, 5.74) is 2.42. The minimum atomic E-state index is 0.252. The van der Waals surface area contributed by atoms with E-state index in [4.69, 9.17) is 0 Å². The molecule has 2 aliphatic heterocycles. The minimum absolute atomic E-state index is 0.252. The highest BCUT2D eigenvalue weighted by Crippen LogP contribution is 2.27. The van der Waals surface area contributed by atoms with E-state index in [2.05, 4.69) is 41.8 Å². The Bertz CT molecular complexity index is 521. The zero-order chi connectivity index (χ0) is 15.5. The first-order valence-corrected chi connectivity index (χ1v) is 8.46. The summed E-state index contributed by atoms with van der Waals surface area (Å²) in [4.78, 5) is 19.4. The van der Waals surface area contributed by atoms with Crippen LogP contribution in [0.1, 0.15) is 19.4 Å². The standard InChI is InChI=1S/C18H27N3O/c1-15(2)13-19-9-11-20(12-10-19)14-18(22)21-8-7-16-5-3-4-6-17(16)21/h3-6,15H,7-14H2,1-2H3. The molecule has 0 aliphatic carbocycles. The van der Waals surface area contributed by atoms with E-state index in [1.165, 1.54) is 12.1 Å². The molecule has 1 aromatic rings. The van der Waals surface area contributed by atoms with E-state index < -0.39 is 0 Å². The monoisotopic (exact) mass is 301 g/mol. The number of rotatable bonds is 4. The number of fused-ring (bicyclic) bond motifs is 1. The Morgan fingerprint density at radius 1 is 1.05 bits per heavy atom. The number of para-hydroxylation sites is 1. The second-order valence-electron chi connectivity index (χ2n) is 6.89. The van der Waals surface area contributed by atoms with Gasteiger partial charge in [-0.15, -0.1) is 0 Å². The van der Waals surface area contributed by atoms with Crippen molar-refractivity contribution >= 4 is 11.6 Å². The molecule has 0 radical (unpaired) electrons. The second-order valence-corrected chi connectivity index (χ2v) is 6.89. The summed E-state index contributed by atoms with van der Waals surface area (Å²) in [6, 6.07) is 8.28. The predicted molar refractivity (Wildman–Crippen MR) is 90.2 cm³/mol. The van der Waals surface area contributed by atoms with Gasteiger partial charge in [0, 0.05) is 45.0 Å². The Balaban J connectivity index is 1.52. The van der Waals surface area contributed by atoms with E-state index in [9.17, 15) is 4.79 Å². The summed E-state index contributed by atoms with van der Waals surface area (Å²) >= 11 is 0. The van der Waals surface area contributed by atoms with Gasteiger partial charge in [0.1, 0.15) is 0 Å². The summed E-state index contributed by atoms with van der Waals surface area (Å²) in [7, 11) is 0. The fraction of sp³-hybridized carbons (Fsp3) is 0.611. The molecule has 0 N–H and O–H groups in total. The minimum Gasteiger partial charge on any atom is -0.311 e. The Labute approximate surface area is 133 Å². The molecule has 0 spiro atoms. The van der Waals surface area contributed by atoms with E-state index >= 15 is 0 Å². The van der Waals surface area contributed by atoms with E-state index in [1.54, 1.807) is 0 Å². The molecule has 4 heteroatoms. The lowest BCUT2D eigenvalue weighted by Crippen LogP contribution is -2.50. The van der Waals surface area contributed by atoms with Crippen LogP contribution in [0.25, 0.3) is 0 Å². The molecule has 2 heterocycles. The van der Waals surface area contributed by atoms with Crippen LogP contribution < -0.4 is 4.90 Å².